The lowest BCUT2D eigenvalue weighted by atomic mass is 10.1. The number of hydrogen-bond acceptors (Lipinski definition) is 6. The summed E-state index contributed by atoms with van der Waals surface area (Å²) in [4.78, 5) is 39.5. The van der Waals surface area contributed by atoms with Crippen LogP contribution in [0.5, 0.6) is 0 Å². The molecular weight excluding hydrogens is 418 g/mol. The molecule has 1 N–H and O–H groups in total. The maximum Gasteiger partial charge on any atom is 0.257 e. The van der Waals surface area contributed by atoms with Gasteiger partial charge >= 0.3 is 0 Å². The maximum absolute atomic E-state index is 13.1. The van der Waals surface area contributed by atoms with Crippen molar-refractivity contribution in [3.05, 3.63) is 72.7 Å². The molecule has 0 unspecified atom stereocenters. The average Bonchev–Trinajstić information content (AvgIpc) is 3.29. The van der Waals surface area contributed by atoms with Gasteiger partial charge in [0.15, 0.2) is 0 Å². The number of carbonyl (C=O) groups is 2. The molecule has 0 atom stereocenters. The Kier molecular flexibility index (Phi) is 5.75. The first-order valence-electron chi connectivity index (χ1n) is 10.9. The number of rotatable bonds is 5. The van der Waals surface area contributed by atoms with E-state index in [4.69, 9.17) is 0 Å². The molecule has 1 saturated heterocycles. The molecule has 4 aromatic heterocycles. The molecule has 0 radical (unpaired) electrons. The van der Waals surface area contributed by atoms with E-state index >= 15 is 0 Å². The first-order chi connectivity index (χ1) is 16.2. The van der Waals surface area contributed by atoms with Gasteiger partial charge in [-0.05, 0) is 43.0 Å². The van der Waals surface area contributed by atoms with Crippen LogP contribution < -0.4 is 5.32 Å². The van der Waals surface area contributed by atoms with Crippen LogP contribution >= 0.6 is 0 Å². The van der Waals surface area contributed by atoms with Gasteiger partial charge < -0.3 is 10.2 Å². The Morgan fingerprint density at radius 1 is 0.939 bits per heavy atom. The third-order valence-electron chi connectivity index (χ3n) is 5.71. The van der Waals surface area contributed by atoms with E-state index in [1.54, 1.807) is 35.5 Å². The molecule has 1 fully saturated rings. The molecule has 5 rings (SSSR count). The molecule has 5 heterocycles. The molecule has 9 nitrogen and oxygen atoms in total. The predicted molar refractivity (Wildman–Crippen MR) is 123 cm³/mol. The second-order valence-electron chi connectivity index (χ2n) is 8.05. The number of anilines is 1. The summed E-state index contributed by atoms with van der Waals surface area (Å²) < 4.78 is 1.75. The summed E-state index contributed by atoms with van der Waals surface area (Å²) in [5, 5.41) is 7.37. The average molecular weight is 441 g/mol. The van der Waals surface area contributed by atoms with Gasteiger partial charge in [0.25, 0.3) is 5.91 Å². The van der Waals surface area contributed by atoms with Crippen LogP contribution in [-0.2, 0) is 11.2 Å². The highest BCUT2D eigenvalue weighted by Gasteiger charge is 2.22. The monoisotopic (exact) mass is 441 g/mol. The van der Waals surface area contributed by atoms with Crippen LogP contribution in [0.1, 0.15) is 35.2 Å². The number of pyridine rings is 2. The zero-order valence-electron chi connectivity index (χ0n) is 18.0. The molecule has 9 heteroatoms. The predicted octanol–water partition coefficient (Wildman–Crippen LogP) is 2.99. The zero-order valence-corrected chi connectivity index (χ0v) is 18.0. The number of amides is 2. The van der Waals surface area contributed by atoms with Crippen LogP contribution in [0.3, 0.4) is 0 Å². The van der Waals surface area contributed by atoms with Crippen molar-refractivity contribution < 1.29 is 9.59 Å². The largest absolute Gasteiger partial charge is 0.339 e. The molecule has 2 amide bonds. The van der Waals surface area contributed by atoms with Crippen molar-refractivity contribution in [1.82, 2.24) is 29.5 Å². The summed E-state index contributed by atoms with van der Waals surface area (Å²) in [5.41, 5.74) is 4.21. The Morgan fingerprint density at radius 3 is 2.58 bits per heavy atom. The fourth-order valence-electron chi connectivity index (χ4n) is 4.12. The van der Waals surface area contributed by atoms with Gasteiger partial charge in [0.2, 0.25) is 5.91 Å². The Hall–Kier alpha value is -4.14. The van der Waals surface area contributed by atoms with Crippen LogP contribution in [0.15, 0.2) is 61.6 Å². The molecule has 1 aliphatic heterocycles. The molecule has 1 aliphatic rings. The summed E-state index contributed by atoms with van der Waals surface area (Å²) >= 11 is 0. The van der Waals surface area contributed by atoms with E-state index in [9.17, 15) is 9.59 Å². The molecule has 0 aliphatic carbocycles. The molecule has 0 aromatic carbocycles. The molecule has 166 valence electrons. The topological polar surface area (TPSA) is 105 Å². The molecule has 0 bridgehead atoms. The summed E-state index contributed by atoms with van der Waals surface area (Å²) in [7, 11) is 0. The van der Waals surface area contributed by atoms with Crippen LogP contribution in [-0.4, -0.2) is 54.4 Å². The minimum atomic E-state index is -0.185. The Balaban J connectivity index is 1.40. The normalized spacial score (nSPS) is 13.8. The van der Waals surface area contributed by atoms with E-state index in [1.165, 1.54) is 12.7 Å². The quantitative estimate of drug-likeness (QED) is 0.510. The molecule has 33 heavy (non-hydrogen) atoms. The summed E-state index contributed by atoms with van der Waals surface area (Å²) in [6.07, 6.45) is 13.0. The van der Waals surface area contributed by atoms with Crippen LogP contribution in [0.2, 0.25) is 0 Å². The first kappa shape index (κ1) is 20.7. The highest BCUT2D eigenvalue weighted by Crippen LogP contribution is 2.25. The minimum Gasteiger partial charge on any atom is -0.339 e. The van der Waals surface area contributed by atoms with Crippen molar-refractivity contribution in [3.8, 4) is 11.3 Å². The van der Waals surface area contributed by atoms with Gasteiger partial charge in [-0.1, -0.05) is 6.07 Å². The van der Waals surface area contributed by atoms with Crippen molar-refractivity contribution in [1.29, 1.82) is 0 Å². The highest BCUT2D eigenvalue weighted by atomic mass is 16.2. The van der Waals surface area contributed by atoms with Gasteiger partial charge in [0, 0.05) is 37.2 Å². The lowest BCUT2D eigenvalue weighted by molar-refractivity contribution is -0.115. The second-order valence-corrected chi connectivity index (χ2v) is 8.05. The Morgan fingerprint density at radius 2 is 1.76 bits per heavy atom. The third-order valence-corrected chi connectivity index (χ3v) is 5.71. The summed E-state index contributed by atoms with van der Waals surface area (Å²) in [5.74, 6) is -0.165. The van der Waals surface area contributed by atoms with Gasteiger partial charge in [-0.15, -0.1) is 0 Å². The van der Waals surface area contributed by atoms with E-state index in [2.05, 4.69) is 25.4 Å². The maximum atomic E-state index is 13.1. The fourth-order valence-corrected chi connectivity index (χ4v) is 4.12. The van der Waals surface area contributed by atoms with Gasteiger partial charge in [-0.3, -0.25) is 14.6 Å². The van der Waals surface area contributed by atoms with Crippen LogP contribution in [0.25, 0.3) is 16.8 Å². The zero-order chi connectivity index (χ0) is 22.6. The van der Waals surface area contributed by atoms with E-state index in [1.807, 2.05) is 29.2 Å². The smallest absolute Gasteiger partial charge is 0.257 e. The van der Waals surface area contributed by atoms with Crippen molar-refractivity contribution in [3.63, 3.8) is 0 Å². The number of nitrogens with one attached hydrogen (secondary N) is 1. The Labute approximate surface area is 190 Å². The molecule has 0 saturated carbocycles. The summed E-state index contributed by atoms with van der Waals surface area (Å²) in [6.45, 7) is 1.58. The van der Waals surface area contributed by atoms with E-state index < -0.39 is 0 Å². The molecule has 4 aromatic rings. The van der Waals surface area contributed by atoms with Crippen molar-refractivity contribution in [2.45, 2.75) is 25.7 Å². The third kappa shape index (κ3) is 4.43. The SMILES string of the molecule is O=C(Cc1cncnc1)Nc1cncc(-c2cccc3c(C(=O)N4CCCCC4)cnn23)c1. The summed E-state index contributed by atoms with van der Waals surface area (Å²) in [6, 6.07) is 7.56. The number of nitrogens with zero attached hydrogens (tertiary/aromatic N) is 6. The Bertz CT molecular complexity index is 1300. The van der Waals surface area contributed by atoms with E-state index in [0.29, 0.717) is 11.3 Å². The fraction of sp³-hybridized carbons (Fsp3) is 0.250. The van der Waals surface area contributed by atoms with Gasteiger partial charge in [-0.2, -0.15) is 5.10 Å². The number of hydrogen-bond donors (Lipinski definition) is 1. The van der Waals surface area contributed by atoms with Crippen molar-refractivity contribution in [2.75, 3.05) is 18.4 Å². The standard InChI is InChI=1S/C24H23N7O2/c32-23(9-17-11-26-16-27-12-17)29-19-10-18(13-25-14-19)21-5-4-6-22-20(15-28-31(21)22)24(33)30-7-2-1-3-8-30/h4-6,10-16H,1-3,7-9H2,(H,29,32). The number of fused-ring (bicyclic) bond motifs is 1. The first-order valence-corrected chi connectivity index (χ1v) is 10.9. The number of piperidine rings is 1. The van der Waals surface area contributed by atoms with Crippen LogP contribution in [0, 0.1) is 0 Å². The van der Waals surface area contributed by atoms with Crippen molar-refractivity contribution in [2.24, 2.45) is 0 Å². The van der Waals surface area contributed by atoms with Gasteiger partial charge in [-0.25, -0.2) is 14.5 Å². The van der Waals surface area contributed by atoms with E-state index in [0.717, 1.165) is 48.3 Å². The van der Waals surface area contributed by atoms with Gasteiger partial charge in [0.05, 0.1) is 41.3 Å². The number of likely N-dealkylation sites (tertiary alicyclic amines) is 1. The number of carbonyl (C=O) groups excluding carboxylic acids is 2. The molecular formula is C24H23N7O2. The molecule has 0 spiro atoms. The van der Waals surface area contributed by atoms with Crippen LogP contribution in [0.4, 0.5) is 5.69 Å². The lowest BCUT2D eigenvalue weighted by Gasteiger charge is -2.26. The number of aromatic nitrogens is 5. The lowest BCUT2D eigenvalue weighted by Crippen LogP contribution is -2.35. The van der Waals surface area contributed by atoms with E-state index in [-0.39, 0.29) is 18.2 Å². The van der Waals surface area contributed by atoms with Gasteiger partial charge in [0.1, 0.15) is 6.33 Å². The minimum absolute atomic E-state index is 0.0193. The highest BCUT2D eigenvalue weighted by molar-refractivity contribution is 6.01. The second kappa shape index (κ2) is 9.15. The van der Waals surface area contributed by atoms with Crippen molar-refractivity contribution >= 4 is 23.0 Å².